The van der Waals surface area contributed by atoms with Crippen LogP contribution in [0.1, 0.15) is 23.5 Å². The summed E-state index contributed by atoms with van der Waals surface area (Å²) in [6.45, 7) is 0. The lowest BCUT2D eigenvalue weighted by Crippen LogP contribution is -2.21. The SMILES string of the molecule is O=C1NC(c2ccccc2[N+](=O)[O-])OC1c1ccccc1. The highest BCUT2D eigenvalue weighted by atomic mass is 16.6. The highest BCUT2D eigenvalue weighted by Crippen LogP contribution is 2.35. The Morgan fingerprint density at radius 1 is 1.05 bits per heavy atom. The second kappa shape index (κ2) is 5.34. The normalized spacial score (nSPS) is 21.0. The lowest BCUT2D eigenvalue weighted by atomic mass is 10.1. The maximum atomic E-state index is 12.0. The topological polar surface area (TPSA) is 81.5 Å². The third kappa shape index (κ3) is 2.48. The van der Waals surface area contributed by atoms with E-state index in [0.29, 0.717) is 5.56 Å². The molecule has 1 amide bonds. The lowest BCUT2D eigenvalue weighted by molar-refractivity contribution is -0.386. The number of hydrogen-bond donors (Lipinski definition) is 1. The van der Waals surface area contributed by atoms with E-state index in [0.717, 1.165) is 5.56 Å². The molecule has 0 aromatic heterocycles. The Kier molecular flexibility index (Phi) is 3.37. The van der Waals surface area contributed by atoms with Gasteiger partial charge in [0.1, 0.15) is 0 Å². The number of nitro benzene ring substituents is 1. The van der Waals surface area contributed by atoms with Crippen LogP contribution in [0.15, 0.2) is 54.6 Å². The van der Waals surface area contributed by atoms with Gasteiger partial charge in [-0.05, 0) is 11.6 Å². The summed E-state index contributed by atoms with van der Waals surface area (Å²) in [5.74, 6) is -0.302. The van der Waals surface area contributed by atoms with Crippen LogP contribution in [-0.4, -0.2) is 10.8 Å². The number of rotatable bonds is 3. The third-order valence-electron chi connectivity index (χ3n) is 3.30. The van der Waals surface area contributed by atoms with Crippen LogP contribution in [0.2, 0.25) is 0 Å². The van der Waals surface area contributed by atoms with Crippen molar-refractivity contribution in [2.24, 2.45) is 0 Å². The Balaban J connectivity index is 1.90. The molecule has 2 atom stereocenters. The summed E-state index contributed by atoms with van der Waals surface area (Å²) in [6, 6.07) is 15.3. The van der Waals surface area contributed by atoms with E-state index in [4.69, 9.17) is 4.74 Å². The molecule has 1 heterocycles. The molecule has 0 spiro atoms. The Morgan fingerprint density at radius 2 is 1.71 bits per heavy atom. The molecule has 6 nitrogen and oxygen atoms in total. The van der Waals surface area contributed by atoms with Crippen LogP contribution in [0.3, 0.4) is 0 Å². The van der Waals surface area contributed by atoms with Crippen molar-refractivity contribution in [3.8, 4) is 0 Å². The molecule has 2 aromatic carbocycles. The van der Waals surface area contributed by atoms with E-state index in [1.54, 1.807) is 30.3 Å². The molecule has 0 aliphatic carbocycles. The van der Waals surface area contributed by atoms with Gasteiger partial charge < -0.3 is 10.1 Å². The summed E-state index contributed by atoms with van der Waals surface area (Å²) >= 11 is 0. The number of amides is 1. The highest BCUT2D eigenvalue weighted by molar-refractivity contribution is 5.84. The van der Waals surface area contributed by atoms with Gasteiger partial charge in [-0.25, -0.2) is 0 Å². The second-order valence-electron chi connectivity index (χ2n) is 4.63. The first-order chi connectivity index (χ1) is 10.2. The molecule has 2 unspecified atom stereocenters. The zero-order chi connectivity index (χ0) is 14.8. The smallest absolute Gasteiger partial charge is 0.277 e. The molecule has 21 heavy (non-hydrogen) atoms. The zero-order valence-electron chi connectivity index (χ0n) is 10.9. The van der Waals surface area contributed by atoms with Crippen molar-refractivity contribution in [2.45, 2.75) is 12.3 Å². The molecule has 1 saturated heterocycles. The van der Waals surface area contributed by atoms with Gasteiger partial charge in [-0.3, -0.25) is 14.9 Å². The minimum absolute atomic E-state index is 0.0727. The van der Waals surface area contributed by atoms with E-state index >= 15 is 0 Å². The number of benzene rings is 2. The van der Waals surface area contributed by atoms with Crippen molar-refractivity contribution >= 4 is 11.6 Å². The molecule has 0 radical (unpaired) electrons. The minimum atomic E-state index is -0.815. The number of nitrogens with zero attached hydrogens (tertiary/aromatic N) is 1. The van der Waals surface area contributed by atoms with Gasteiger partial charge in [0.2, 0.25) is 0 Å². The van der Waals surface area contributed by atoms with Crippen molar-refractivity contribution in [1.82, 2.24) is 5.32 Å². The Morgan fingerprint density at radius 3 is 2.43 bits per heavy atom. The number of nitrogens with one attached hydrogen (secondary N) is 1. The molecular formula is C15H12N2O4. The quantitative estimate of drug-likeness (QED) is 0.693. The summed E-state index contributed by atoms with van der Waals surface area (Å²) in [6.07, 6.45) is -1.57. The fraction of sp³-hybridized carbons (Fsp3) is 0.133. The molecule has 0 saturated carbocycles. The van der Waals surface area contributed by atoms with Crippen molar-refractivity contribution in [3.63, 3.8) is 0 Å². The van der Waals surface area contributed by atoms with Crippen LogP contribution < -0.4 is 5.32 Å². The maximum Gasteiger partial charge on any atom is 0.277 e. The number of para-hydroxylation sites is 1. The third-order valence-corrected chi connectivity index (χ3v) is 3.30. The van der Waals surface area contributed by atoms with Crippen LogP contribution in [-0.2, 0) is 9.53 Å². The van der Waals surface area contributed by atoms with Crippen LogP contribution in [0.25, 0.3) is 0 Å². The molecule has 1 aliphatic heterocycles. The van der Waals surface area contributed by atoms with E-state index in [9.17, 15) is 14.9 Å². The molecule has 3 rings (SSSR count). The summed E-state index contributed by atoms with van der Waals surface area (Å²) in [7, 11) is 0. The van der Waals surface area contributed by atoms with Crippen molar-refractivity contribution in [2.75, 3.05) is 0 Å². The summed E-state index contributed by atoms with van der Waals surface area (Å²) < 4.78 is 5.67. The molecule has 2 aromatic rings. The van der Waals surface area contributed by atoms with Crippen molar-refractivity contribution in [1.29, 1.82) is 0 Å². The summed E-state index contributed by atoms with van der Waals surface area (Å²) in [5.41, 5.74) is 0.988. The number of carbonyl (C=O) groups excluding carboxylic acids is 1. The first kappa shape index (κ1) is 13.3. The Bertz CT molecular complexity index is 687. The molecular weight excluding hydrogens is 272 g/mol. The Labute approximate surface area is 120 Å². The first-order valence-electron chi connectivity index (χ1n) is 6.41. The molecule has 6 heteroatoms. The highest BCUT2D eigenvalue weighted by Gasteiger charge is 2.37. The van der Waals surface area contributed by atoms with Crippen LogP contribution in [0.5, 0.6) is 0 Å². The van der Waals surface area contributed by atoms with Gasteiger partial charge in [0.05, 0.1) is 10.5 Å². The average molecular weight is 284 g/mol. The second-order valence-corrected chi connectivity index (χ2v) is 4.63. The van der Waals surface area contributed by atoms with Crippen molar-refractivity contribution < 1.29 is 14.5 Å². The minimum Gasteiger partial charge on any atom is -0.336 e. The average Bonchev–Trinajstić information content (AvgIpc) is 2.90. The summed E-state index contributed by atoms with van der Waals surface area (Å²) in [5, 5.41) is 13.7. The maximum absolute atomic E-state index is 12.0. The van der Waals surface area contributed by atoms with Gasteiger partial charge in [-0.15, -0.1) is 0 Å². The number of ether oxygens (including phenoxy) is 1. The molecule has 1 fully saturated rings. The Hall–Kier alpha value is -2.73. The van der Waals surface area contributed by atoms with E-state index < -0.39 is 17.3 Å². The molecule has 106 valence electrons. The fourth-order valence-corrected chi connectivity index (χ4v) is 2.32. The number of carbonyl (C=O) groups is 1. The molecule has 1 aliphatic rings. The standard InChI is InChI=1S/C15H12N2O4/c18-14-13(10-6-2-1-3-7-10)21-15(16-14)11-8-4-5-9-12(11)17(19)20/h1-9,13,15H,(H,16,18). The van der Waals surface area contributed by atoms with Gasteiger partial charge in [-0.2, -0.15) is 0 Å². The molecule has 1 N–H and O–H groups in total. The first-order valence-corrected chi connectivity index (χ1v) is 6.41. The molecule has 0 bridgehead atoms. The lowest BCUT2D eigenvalue weighted by Gasteiger charge is -2.11. The predicted molar refractivity (Wildman–Crippen MR) is 74.2 cm³/mol. The van der Waals surface area contributed by atoms with E-state index in [1.807, 2.05) is 18.2 Å². The van der Waals surface area contributed by atoms with Gasteiger partial charge in [0, 0.05) is 6.07 Å². The predicted octanol–water partition coefficient (Wildman–Crippen LogP) is 2.48. The monoisotopic (exact) mass is 284 g/mol. The number of hydrogen-bond acceptors (Lipinski definition) is 4. The van der Waals surface area contributed by atoms with Crippen LogP contribution in [0, 0.1) is 10.1 Å². The number of nitro groups is 1. The van der Waals surface area contributed by atoms with E-state index in [2.05, 4.69) is 5.32 Å². The van der Waals surface area contributed by atoms with Gasteiger partial charge in [0.25, 0.3) is 11.6 Å². The van der Waals surface area contributed by atoms with Crippen LogP contribution >= 0.6 is 0 Å². The van der Waals surface area contributed by atoms with Gasteiger partial charge in [0.15, 0.2) is 12.3 Å². The van der Waals surface area contributed by atoms with E-state index in [1.165, 1.54) is 6.07 Å². The zero-order valence-corrected chi connectivity index (χ0v) is 10.9. The van der Waals surface area contributed by atoms with E-state index in [-0.39, 0.29) is 11.6 Å². The van der Waals surface area contributed by atoms with Gasteiger partial charge in [-0.1, -0.05) is 42.5 Å². The van der Waals surface area contributed by atoms with Crippen molar-refractivity contribution in [3.05, 3.63) is 75.8 Å². The van der Waals surface area contributed by atoms with Gasteiger partial charge >= 0.3 is 0 Å². The summed E-state index contributed by atoms with van der Waals surface area (Å²) in [4.78, 5) is 22.6. The largest absolute Gasteiger partial charge is 0.336 e. The van der Waals surface area contributed by atoms with Crippen LogP contribution in [0.4, 0.5) is 5.69 Å². The fourth-order valence-electron chi connectivity index (χ4n) is 2.32.